The van der Waals surface area contributed by atoms with E-state index in [1.165, 1.54) is 0 Å². The van der Waals surface area contributed by atoms with E-state index in [1.807, 2.05) is 11.6 Å². The average molecular weight is 169 g/mol. The van der Waals surface area contributed by atoms with Gasteiger partial charge in [0.25, 0.3) is 0 Å². The largest absolute Gasteiger partial charge is 0.377 e. The lowest BCUT2D eigenvalue weighted by Gasteiger charge is -2.04. The van der Waals surface area contributed by atoms with E-state index in [1.54, 1.807) is 7.11 Å². The molecule has 0 radical (unpaired) electrons. The smallest absolute Gasteiger partial charge is 0.176 e. The Morgan fingerprint density at radius 2 is 2.17 bits per heavy atom. The van der Waals surface area contributed by atoms with Crippen molar-refractivity contribution in [2.45, 2.75) is 33.4 Å². The Labute approximate surface area is 72.6 Å². The molecule has 0 atom stereocenters. The van der Waals surface area contributed by atoms with Gasteiger partial charge < -0.3 is 4.74 Å². The van der Waals surface area contributed by atoms with Crippen LogP contribution < -0.4 is 0 Å². The maximum Gasteiger partial charge on any atom is 0.176 e. The summed E-state index contributed by atoms with van der Waals surface area (Å²) in [6.45, 7) is 6.60. The van der Waals surface area contributed by atoms with Crippen LogP contribution in [0.1, 0.15) is 31.5 Å². The van der Waals surface area contributed by atoms with Crippen LogP contribution >= 0.6 is 0 Å². The summed E-state index contributed by atoms with van der Waals surface area (Å²) in [6.07, 6.45) is 0. The summed E-state index contributed by atoms with van der Waals surface area (Å²) < 4.78 is 6.83. The Hall–Kier alpha value is -0.900. The van der Waals surface area contributed by atoms with Crippen molar-refractivity contribution in [3.8, 4) is 0 Å². The summed E-state index contributed by atoms with van der Waals surface area (Å²) >= 11 is 0. The summed E-state index contributed by atoms with van der Waals surface area (Å²) in [4.78, 5) is 4.25. The second-order valence-corrected chi connectivity index (χ2v) is 3.05. The zero-order valence-corrected chi connectivity index (χ0v) is 8.03. The van der Waals surface area contributed by atoms with Crippen LogP contribution in [-0.2, 0) is 11.3 Å². The van der Waals surface area contributed by atoms with E-state index in [4.69, 9.17) is 4.74 Å². The maximum atomic E-state index is 4.94. The first-order valence-corrected chi connectivity index (χ1v) is 4.06. The monoisotopic (exact) mass is 169 g/mol. The van der Waals surface area contributed by atoms with E-state index < -0.39 is 0 Å². The fraction of sp³-hybridized carbons (Fsp3) is 0.750. The van der Waals surface area contributed by atoms with Gasteiger partial charge in [0.15, 0.2) is 5.82 Å². The van der Waals surface area contributed by atoms with Gasteiger partial charge in [-0.1, -0.05) is 0 Å². The lowest BCUT2D eigenvalue weighted by Crippen LogP contribution is -2.05. The molecule has 4 heteroatoms. The number of rotatable bonds is 3. The molecule has 0 aliphatic heterocycles. The fourth-order valence-corrected chi connectivity index (χ4v) is 1.14. The normalized spacial score (nSPS) is 11.1. The molecule has 68 valence electrons. The van der Waals surface area contributed by atoms with Crippen molar-refractivity contribution in [2.24, 2.45) is 0 Å². The van der Waals surface area contributed by atoms with Crippen LogP contribution in [0.4, 0.5) is 0 Å². The first kappa shape index (κ1) is 9.19. The van der Waals surface area contributed by atoms with Crippen LogP contribution in [0.3, 0.4) is 0 Å². The van der Waals surface area contributed by atoms with E-state index in [0.717, 1.165) is 11.6 Å². The maximum absolute atomic E-state index is 4.94. The summed E-state index contributed by atoms with van der Waals surface area (Å²) in [7, 11) is 1.64. The van der Waals surface area contributed by atoms with E-state index in [9.17, 15) is 0 Å². The molecule has 0 aliphatic rings. The lowest BCUT2D eigenvalue weighted by molar-refractivity contribution is 0.177. The Morgan fingerprint density at radius 1 is 1.50 bits per heavy atom. The van der Waals surface area contributed by atoms with Crippen LogP contribution in [0.15, 0.2) is 0 Å². The molecule has 1 rings (SSSR count). The molecule has 0 aliphatic carbocycles. The highest BCUT2D eigenvalue weighted by Crippen LogP contribution is 2.06. The van der Waals surface area contributed by atoms with Crippen molar-refractivity contribution in [3.63, 3.8) is 0 Å². The van der Waals surface area contributed by atoms with Crippen LogP contribution in [0.5, 0.6) is 0 Å². The number of aromatic nitrogens is 3. The van der Waals surface area contributed by atoms with Crippen molar-refractivity contribution in [2.75, 3.05) is 7.11 Å². The van der Waals surface area contributed by atoms with E-state index >= 15 is 0 Å². The Kier molecular flexibility index (Phi) is 2.81. The third-order valence-corrected chi connectivity index (χ3v) is 1.61. The minimum Gasteiger partial charge on any atom is -0.377 e. The Bertz CT molecular complexity index is 255. The highest BCUT2D eigenvalue weighted by molar-refractivity contribution is 4.90. The van der Waals surface area contributed by atoms with E-state index in [2.05, 4.69) is 23.9 Å². The molecule has 4 nitrogen and oxygen atoms in total. The zero-order valence-electron chi connectivity index (χ0n) is 8.03. The van der Waals surface area contributed by atoms with Crippen molar-refractivity contribution in [3.05, 3.63) is 11.6 Å². The SMILES string of the molecule is COCc1nc(C)n(C(C)C)n1. The number of methoxy groups -OCH3 is 1. The standard InChI is InChI=1S/C8H15N3O/c1-6(2)11-7(3)9-8(10-11)5-12-4/h6H,5H2,1-4H3. The zero-order chi connectivity index (χ0) is 9.14. The molecule has 0 unspecified atom stereocenters. The molecule has 12 heavy (non-hydrogen) atoms. The lowest BCUT2D eigenvalue weighted by atomic mass is 10.4. The molecule has 0 saturated carbocycles. The van der Waals surface area contributed by atoms with Crippen LogP contribution in [0, 0.1) is 6.92 Å². The van der Waals surface area contributed by atoms with Crippen molar-refractivity contribution < 1.29 is 4.74 Å². The third kappa shape index (κ3) is 1.82. The van der Waals surface area contributed by atoms with Gasteiger partial charge in [0.05, 0.1) is 0 Å². The highest BCUT2D eigenvalue weighted by Gasteiger charge is 2.07. The van der Waals surface area contributed by atoms with Crippen LogP contribution in [0.25, 0.3) is 0 Å². The molecule has 1 heterocycles. The second kappa shape index (κ2) is 3.67. The minimum atomic E-state index is 0.364. The number of nitrogens with zero attached hydrogens (tertiary/aromatic N) is 3. The predicted molar refractivity (Wildman–Crippen MR) is 45.9 cm³/mol. The molecule has 0 saturated heterocycles. The van der Waals surface area contributed by atoms with Gasteiger partial charge in [-0.05, 0) is 20.8 Å². The van der Waals surface area contributed by atoms with Crippen LogP contribution in [-0.4, -0.2) is 21.9 Å². The Balaban J connectivity index is 2.85. The topological polar surface area (TPSA) is 39.9 Å². The first-order valence-electron chi connectivity index (χ1n) is 4.06. The van der Waals surface area contributed by atoms with Crippen molar-refractivity contribution in [1.82, 2.24) is 14.8 Å². The molecule has 0 amide bonds. The highest BCUT2D eigenvalue weighted by atomic mass is 16.5. The van der Waals surface area contributed by atoms with Gasteiger partial charge in [0.2, 0.25) is 0 Å². The fourth-order valence-electron chi connectivity index (χ4n) is 1.14. The van der Waals surface area contributed by atoms with E-state index in [-0.39, 0.29) is 0 Å². The molecule has 1 aromatic rings. The molecule has 0 fully saturated rings. The van der Waals surface area contributed by atoms with E-state index in [0.29, 0.717) is 12.6 Å². The first-order chi connectivity index (χ1) is 5.65. The average Bonchev–Trinajstić information content (AvgIpc) is 2.32. The van der Waals surface area contributed by atoms with Gasteiger partial charge in [-0.25, -0.2) is 9.67 Å². The summed E-state index contributed by atoms with van der Waals surface area (Å²) in [5, 5.41) is 4.28. The Morgan fingerprint density at radius 3 is 2.58 bits per heavy atom. The molecular formula is C8H15N3O. The summed E-state index contributed by atoms with van der Waals surface area (Å²) in [6, 6.07) is 0.364. The molecular weight excluding hydrogens is 154 g/mol. The molecule has 0 bridgehead atoms. The van der Waals surface area contributed by atoms with Gasteiger partial charge >= 0.3 is 0 Å². The second-order valence-electron chi connectivity index (χ2n) is 3.05. The summed E-state index contributed by atoms with van der Waals surface area (Å²) in [5.41, 5.74) is 0. The third-order valence-electron chi connectivity index (χ3n) is 1.61. The predicted octanol–water partition coefficient (Wildman–Crippen LogP) is 1.31. The number of hydrogen-bond acceptors (Lipinski definition) is 3. The van der Waals surface area contributed by atoms with Crippen LogP contribution in [0.2, 0.25) is 0 Å². The summed E-state index contributed by atoms with van der Waals surface area (Å²) in [5.74, 6) is 1.70. The number of hydrogen-bond donors (Lipinski definition) is 0. The number of aryl methyl sites for hydroxylation is 1. The molecule has 0 spiro atoms. The minimum absolute atomic E-state index is 0.364. The van der Waals surface area contributed by atoms with Gasteiger partial charge in [-0.15, -0.1) is 0 Å². The molecule has 1 aromatic heterocycles. The van der Waals surface area contributed by atoms with Gasteiger partial charge in [-0.2, -0.15) is 5.10 Å². The molecule has 0 aromatic carbocycles. The van der Waals surface area contributed by atoms with Crippen molar-refractivity contribution >= 4 is 0 Å². The van der Waals surface area contributed by atoms with Gasteiger partial charge in [-0.3, -0.25) is 0 Å². The van der Waals surface area contributed by atoms with Gasteiger partial charge in [0.1, 0.15) is 12.4 Å². The van der Waals surface area contributed by atoms with Crippen molar-refractivity contribution in [1.29, 1.82) is 0 Å². The number of ether oxygens (including phenoxy) is 1. The molecule has 0 N–H and O–H groups in total. The quantitative estimate of drug-likeness (QED) is 0.685. The van der Waals surface area contributed by atoms with Gasteiger partial charge in [0, 0.05) is 13.2 Å².